The van der Waals surface area contributed by atoms with Crippen molar-refractivity contribution in [3.8, 4) is 0 Å². The van der Waals surface area contributed by atoms with E-state index in [2.05, 4.69) is 5.32 Å². The molecule has 68 valence electrons. The second-order valence-electron chi connectivity index (χ2n) is 2.67. The fourth-order valence-corrected chi connectivity index (χ4v) is 1.30. The van der Waals surface area contributed by atoms with E-state index in [0.717, 1.165) is 19.1 Å². The molecular weight excluding hydrogens is 138 g/mol. The fraction of sp³-hybridized carbons (Fsp3) is 1.00. The van der Waals surface area contributed by atoms with E-state index in [0.29, 0.717) is 0 Å². The van der Waals surface area contributed by atoms with Gasteiger partial charge in [0, 0.05) is 13.7 Å². The molecule has 0 aromatic carbocycles. The van der Waals surface area contributed by atoms with E-state index in [4.69, 9.17) is 4.74 Å². The van der Waals surface area contributed by atoms with Gasteiger partial charge < -0.3 is 10.1 Å². The Bertz CT molecular complexity index is 67.2. The van der Waals surface area contributed by atoms with Gasteiger partial charge in [0.15, 0.2) is 0 Å². The molecule has 1 fully saturated rings. The van der Waals surface area contributed by atoms with Crippen molar-refractivity contribution >= 4 is 0 Å². The van der Waals surface area contributed by atoms with Gasteiger partial charge >= 0.3 is 0 Å². The molecule has 0 aliphatic carbocycles. The molecule has 1 aliphatic heterocycles. The van der Waals surface area contributed by atoms with E-state index in [1.807, 2.05) is 13.8 Å². The van der Waals surface area contributed by atoms with Crippen molar-refractivity contribution in [3.05, 3.63) is 0 Å². The Balaban J connectivity index is 0.000000461. The first-order valence-corrected chi connectivity index (χ1v) is 4.63. The molecule has 0 saturated carbocycles. The molecule has 0 bridgehead atoms. The lowest BCUT2D eigenvalue weighted by Gasteiger charge is -2.21. The van der Waals surface area contributed by atoms with Crippen LogP contribution in [0.1, 0.15) is 26.7 Å². The van der Waals surface area contributed by atoms with Crippen LogP contribution in [-0.4, -0.2) is 26.8 Å². The van der Waals surface area contributed by atoms with Gasteiger partial charge in [-0.1, -0.05) is 13.8 Å². The molecule has 0 amide bonds. The molecule has 1 N–H and O–H groups in total. The zero-order valence-corrected chi connectivity index (χ0v) is 8.02. The third-order valence-electron chi connectivity index (χ3n) is 1.80. The molecule has 1 saturated heterocycles. The minimum atomic E-state index is 0.767. The molecule has 2 heteroatoms. The Morgan fingerprint density at radius 2 is 2.18 bits per heavy atom. The molecule has 0 radical (unpaired) electrons. The van der Waals surface area contributed by atoms with Crippen molar-refractivity contribution in [3.63, 3.8) is 0 Å². The maximum atomic E-state index is 5.04. The maximum Gasteiger partial charge on any atom is 0.0502 e. The van der Waals surface area contributed by atoms with Crippen molar-refractivity contribution < 1.29 is 4.74 Å². The zero-order chi connectivity index (χ0) is 8.53. The van der Waals surface area contributed by atoms with Gasteiger partial charge in [-0.25, -0.2) is 0 Å². The molecule has 1 heterocycles. The van der Waals surface area contributed by atoms with Crippen LogP contribution in [-0.2, 0) is 4.74 Å². The molecule has 11 heavy (non-hydrogen) atoms. The van der Waals surface area contributed by atoms with Crippen LogP contribution in [0.15, 0.2) is 0 Å². The van der Waals surface area contributed by atoms with Crippen LogP contribution >= 0.6 is 0 Å². The summed E-state index contributed by atoms with van der Waals surface area (Å²) in [5.41, 5.74) is 0. The number of piperidine rings is 1. The van der Waals surface area contributed by atoms with Crippen LogP contribution in [0, 0.1) is 5.92 Å². The molecule has 0 aromatic heterocycles. The summed E-state index contributed by atoms with van der Waals surface area (Å²) in [4.78, 5) is 0. The summed E-state index contributed by atoms with van der Waals surface area (Å²) in [5, 5.41) is 3.34. The standard InChI is InChI=1S/C7H15NO.C2H6/c1-9-6-7-3-2-4-8-5-7;1-2/h7-8H,2-6H2,1H3;1-2H3. The summed E-state index contributed by atoms with van der Waals surface area (Å²) in [5.74, 6) is 0.767. The molecule has 0 aromatic rings. The smallest absolute Gasteiger partial charge is 0.0502 e. The molecule has 2 nitrogen and oxygen atoms in total. The van der Waals surface area contributed by atoms with Crippen molar-refractivity contribution in [2.75, 3.05) is 26.8 Å². The molecule has 1 atom stereocenters. The Kier molecular flexibility index (Phi) is 7.96. The van der Waals surface area contributed by atoms with E-state index >= 15 is 0 Å². The highest BCUT2D eigenvalue weighted by molar-refractivity contribution is 4.67. The Hall–Kier alpha value is -0.0800. The Morgan fingerprint density at radius 3 is 2.64 bits per heavy atom. The van der Waals surface area contributed by atoms with Gasteiger partial charge in [-0.3, -0.25) is 0 Å². The predicted molar refractivity (Wildman–Crippen MR) is 48.8 cm³/mol. The van der Waals surface area contributed by atoms with Crippen LogP contribution in [0.5, 0.6) is 0 Å². The second kappa shape index (κ2) is 8.02. The Labute approximate surface area is 70.3 Å². The summed E-state index contributed by atoms with van der Waals surface area (Å²) in [6, 6.07) is 0. The monoisotopic (exact) mass is 159 g/mol. The van der Waals surface area contributed by atoms with Gasteiger partial charge in [-0.05, 0) is 25.3 Å². The second-order valence-corrected chi connectivity index (χ2v) is 2.67. The minimum Gasteiger partial charge on any atom is -0.384 e. The van der Waals surface area contributed by atoms with Gasteiger partial charge in [-0.2, -0.15) is 0 Å². The third-order valence-corrected chi connectivity index (χ3v) is 1.80. The van der Waals surface area contributed by atoms with Gasteiger partial charge in [0.25, 0.3) is 0 Å². The lowest BCUT2D eigenvalue weighted by molar-refractivity contribution is 0.137. The van der Waals surface area contributed by atoms with Crippen molar-refractivity contribution in [1.29, 1.82) is 0 Å². The van der Waals surface area contributed by atoms with Crippen molar-refractivity contribution in [2.45, 2.75) is 26.7 Å². The summed E-state index contributed by atoms with van der Waals surface area (Å²) in [6.07, 6.45) is 2.65. The first-order chi connectivity index (χ1) is 5.43. The average Bonchev–Trinajstić information content (AvgIpc) is 2.11. The van der Waals surface area contributed by atoms with Crippen molar-refractivity contribution in [1.82, 2.24) is 5.32 Å². The molecular formula is C9H21NO. The maximum absolute atomic E-state index is 5.04. The van der Waals surface area contributed by atoms with E-state index in [9.17, 15) is 0 Å². The lowest BCUT2D eigenvalue weighted by atomic mass is 10.0. The van der Waals surface area contributed by atoms with Gasteiger partial charge in [-0.15, -0.1) is 0 Å². The first kappa shape index (κ1) is 10.9. The van der Waals surface area contributed by atoms with Crippen LogP contribution in [0.4, 0.5) is 0 Å². The van der Waals surface area contributed by atoms with Crippen LogP contribution in [0.25, 0.3) is 0 Å². The number of rotatable bonds is 2. The van der Waals surface area contributed by atoms with E-state index < -0.39 is 0 Å². The largest absolute Gasteiger partial charge is 0.384 e. The highest BCUT2D eigenvalue weighted by Gasteiger charge is 2.11. The quantitative estimate of drug-likeness (QED) is 0.661. The molecule has 1 unspecified atom stereocenters. The van der Waals surface area contributed by atoms with Gasteiger partial charge in [0.2, 0.25) is 0 Å². The predicted octanol–water partition coefficient (Wildman–Crippen LogP) is 1.66. The molecule has 1 rings (SSSR count). The number of methoxy groups -OCH3 is 1. The van der Waals surface area contributed by atoms with Crippen LogP contribution < -0.4 is 5.32 Å². The normalized spacial score (nSPS) is 23.7. The molecule has 0 spiro atoms. The van der Waals surface area contributed by atoms with E-state index in [1.54, 1.807) is 7.11 Å². The number of ether oxygens (including phenoxy) is 1. The van der Waals surface area contributed by atoms with E-state index in [1.165, 1.54) is 19.4 Å². The highest BCUT2D eigenvalue weighted by atomic mass is 16.5. The number of hydrogen-bond acceptors (Lipinski definition) is 2. The van der Waals surface area contributed by atoms with Gasteiger partial charge in [0.05, 0.1) is 6.61 Å². The van der Waals surface area contributed by atoms with E-state index in [-0.39, 0.29) is 0 Å². The SMILES string of the molecule is CC.COCC1CCCNC1. The summed E-state index contributed by atoms with van der Waals surface area (Å²) in [7, 11) is 1.77. The minimum absolute atomic E-state index is 0.767. The van der Waals surface area contributed by atoms with Crippen molar-refractivity contribution in [2.24, 2.45) is 5.92 Å². The summed E-state index contributed by atoms with van der Waals surface area (Å²) in [6.45, 7) is 7.26. The fourth-order valence-electron chi connectivity index (χ4n) is 1.30. The third kappa shape index (κ3) is 5.22. The number of nitrogens with one attached hydrogen (secondary N) is 1. The zero-order valence-electron chi connectivity index (χ0n) is 8.02. The summed E-state index contributed by atoms with van der Waals surface area (Å²) < 4.78 is 5.04. The first-order valence-electron chi connectivity index (χ1n) is 4.63. The van der Waals surface area contributed by atoms with Crippen LogP contribution in [0.2, 0.25) is 0 Å². The van der Waals surface area contributed by atoms with Gasteiger partial charge in [0.1, 0.15) is 0 Å². The Morgan fingerprint density at radius 1 is 1.45 bits per heavy atom. The number of hydrogen-bond donors (Lipinski definition) is 1. The molecule has 1 aliphatic rings. The highest BCUT2D eigenvalue weighted by Crippen LogP contribution is 2.08. The topological polar surface area (TPSA) is 21.3 Å². The van der Waals surface area contributed by atoms with Crippen LogP contribution in [0.3, 0.4) is 0 Å². The average molecular weight is 159 g/mol. The summed E-state index contributed by atoms with van der Waals surface area (Å²) >= 11 is 0. The lowest BCUT2D eigenvalue weighted by Crippen LogP contribution is -2.31.